The molecule has 0 fully saturated rings. The van der Waals surface area contributed by atoms with Gasteiger partial charge in [0.1, 0.15) is 0 Å². The first-order valence-electron chi connectivity index (χ1n) is 5.36. The third kappa shape index (κ3) is 3.89. The largest absolute Gasteiger partial charge is 0.394 e. The molecule has 0 unspecified atom stereocenters. The lowest BCUT2D eigenvalue weighted by molar-refractivity contribution is 0.163. The van der Waals surface area contributed by atoms with Gasteiger partial charge in [0.15, 0.2) is 0 Å². The second kappa shape index (κ2) is 5.58. The van der Waals surface area contributed by atoms with Crippen LogP contribution >= 0.6 is 11.3 Å². The molecule has 0 spiro atoms. The zero-order chi connectivity index (χ0) is 11.3. The molecule has 0 amide bonds. The van der Waals surface area contributed by atoms with Gasteiger partial charge in [0, 0.05) is 17.5 Å². The van der Waals surface area contributed by atoms with Crippen LogP contribution in [0.15, 0.2) is 5.38 Å². The maximum atomic E-state index is 9.32. The van der Waals surface area contributed by atoms with E-state index in [-0.39, 0.29) is 12.1 Å². The van der Waals surface area contributed by atoms with Crippen molar-refractivity contribution in [1.29, 1.82) is 0 Å². The summed E-state index contributed by atoms with van der Waals surface area (Å²) in [5, 5.41) is 15.8. The first-order valence-corrected chi connectivity index (χ1v) is 6.24. The van der Waals surface area contributed by atoms with Crippen LogP contribution in [0.3, 0.4) is 0 Å². The Kier molecular flexibility index (Phi) is 4.70. The number of rotatable bonds is 6. The molecule has 1 atom stereocenters. The van der Waals surface area contributed by atoms with Crippen LogP contribution < -0.4 is 5.32 Å². The Morgan fingerprint density at radius 2 is 2.33 bits per heavy atom. The smallest absolute Gasteiger partial charge is 0.0897 e. The lowest BCUT2D eigenvalue weighted by Crippen LogP contribution is -2.45. The fourth-order valence-corrected chi connectivity index (χ4v) is 2.18. The maximum Gasteiger partial charge on any atom is 0.0897 e. The molecule has 86 valence electrons. The summed E-state index contributed by atoms with van der Waals surface area (Å²) in [5.74, 6) is 0. The zero-order valence-electron chi connectivity index (χ0n) is 9.71. The van der Waals surface area contributed by atoms with E-state index in [2.05, 4.69) is 29.5 Å². The monoisotopic (exact) mass is 228 g/mol. The Morgan fingerprint density at radius 3 is 2.80 bits per heavy atom. The molecule has 1 aromatic heterocycles. The second-order valence-corrected chi connectivity index (χ2v) is 5.24. The number of nitrogens with one attached hydrogen (secondary N) is 1. The van der Waals surface area contributed by atoms with Crippen molar-refractivity contribution >= 4 is 11.3 Å². The quantitative estimate of drug-likeness (QED) is 0.783. The highest BCUT2D eigenvalue weighted by atomic mass is 32.1. The number of thiazole rings is 1. The molecule has 0 aliphatic carbocycles. The number of nitrogens with zero attached hydrogens (tertiary/aromatic N) is 1. The van der Waals surface area contributed by atoms with E-state index in [1.165, 1.54) is 0 Å². The van der Waals surface area contributed by atoms with E-state index in [4.69, 9.17) is 0 Å². The minimum atomic E-state index is -0.174. The minimum Gasteiger partial charge on any atom is -0.394 e. The molecule has 0 radical (unpaired) electrons. The topological polar surface area (TPSA) is 45.1 Å². The normalized spacial score (nSPS) is 15.2. The summed E-state index contributed by atoms with van der Waals surface area (Å²) < 4.78 is 0. The average molecular weight is 228 g/mol. The molecule has 2 N–H and O–H groups in total. The molecule has 1 rings (SSSR count). The van der Waals surface area contributed by atoms with Crippen LogP contribution in [0.5, 0.6) is 0 Å². The standard InChI is InChI=1S/C11H20N2OS/c1-4-5-11(3,8-14)12-6-10-7-15-9(2)13-10/h7,12,14H,4-6,8H2,1-3H3/t11-/m1/s1. The summed E-state index contributed by atoms with van der Waals surface area (Å²) in [6, 6.07) is 0. The van der Waals surface area contributed by atoms with Gasteiger partial charge >= 0.3 is 0 Å². The lowest BCUT2D eigenvalue weighted by atomic mass is 9.97. The summed E-state index contributed by atoms with van der Waals surface area (Å²) in [5.41, 5.74) is 0.889. The van der Waals surface area contributed by atoms with Crippen LogP contribution in [0.25, 0.3) is 0 Å². The summed E-state index contributed by atoms with van der Waals surface area (Å²) in [6.45, 7) is 7.09. The molecular formula is C11H20N2OS. The molecule has 4 heteroatoms. The summed E-state index contributed by atoms with van der Waals surface area (Å²) in [6.07, 6.45) is 2.05. The van der Waals surface area contributed by atoms with Crippen LogP contribution in [0, 0.1) is 6.92 Å². The van der Waals surface area contributed by atoms with Crippen molar-refractivity contribution < 1.29 is 5.11 Å². The van der Waals surface area contributed by atoms with E-state index in [9.17, 15) is 5.11 Å². The van der Waals surface area contributed by atoms with Crippen molar-refractivity contribution in [2.45, 2.75) is 45.7 Å². The van der Waals surface area contributed by atoms with E-state index in [0.29, 0.717) is 0 Å². The van der Waals surface area contributed by atoms with E-state index < -0.39 is 0 Å². The Morgan fingerprint density at radius 1 is 1.60 bits per heavy atom. The number of aliphatic hydroxyl groups excluding tert-OH is 1. The van der Waals surface area contributed by atoms with Crippen molar-refractivity contribution in [3.63, 3.8) is 0 Å². The van der Waals surface area contributed by atoms with Gasteiger partial charge in [-0.05, 0) is 20.3 Å². The molecular weight excluding hydrogens is 208 g/mol. The molecule has 0 aliphatic heterocycles. The van der Waals surface area contributed by atoms with E-state index in [1.54, 1.807) is 11.3 Å². The summed E-state index contributed by atoms with van der Waals surface area (Å²) in [7, 11) is 0. The van der Waals surface area contributed by atoms with E-state index in [1.807, 2.05) is 6.92 Å². The van der Waals surface area contributed by atoms with Crippen molar-refractivity contribution in [3.05, 3.63) is 16.1 Å². The van der Waals surface area contributed by atoms with E-state index >= 15 is 0 Å². The third-order valence-electron chi connectivity index (χ3n) is 2.51. The van der Waals surface area contributed by atoms with Gasteiger partial charge < -0.3 is 10.4 Å². The predicted octanol–water partition coefficient (Wildman–Crippen LogP) is 2.09. The van der Waals surface area contributed by atoms with Gasteiger partial charge in [-0.25, -0.2) is 4.98 Å². The van der Waals surface area contributed by atoms with Gasteiger partial charge in [-0.2, -0.15) is 0 Å². The van der Waals surface area contributed by atoms with Crippen LogP contribution in [-0.2, 0) is 6.54 Å². The van der Waals surface area contributed by atoms with Gasteiger partial charge in [0.2, 0.25) is 0 Å². The molecule has 1 aromatic rings. The van der Waals surface area contributed by atoms with Gasteiger partial charge in [-0.1, -0.05) is 13.3 Å². The van der Waals surface area contributed by atoms with Gasteiger partial charge in [0.05, 0.1) is 17.3 Å². The first-order chi connectivity index (χ1) is 7.09. The minimum absolute atomic E-state index is 0.171. The highest BCUT2D eigenvalue weighted by molar-refractivity contribution is 7.09. The zero-order valence-corrected chi connectivity index (χ0v) is 10.5. The molecule has 0 aliphatic rings. The molecule has 0 bridgehead atoms. The Balaban J connectivity index is 2.47. The Bertz CT molecular complexity index is 301. The lowest BCUT2D eigenvalue weighted by Gasteiger charge is -2.28. The van der Waals surface area contributed by atoms with Crippen molar-refractivity contribution in [2.24, 2.45) is 0 Å². The number of aromatic nitrogens is 1. The van der Waals surface area contributed by atoms with Crippen molar-refractivity contribution in [2.75, 3.05) is 6.61 Å². The van der Waals surface area contributed by atoms with E-state index in [0.717, 1.165) is 30.1 Å². The molecule has 0 saturated heterocycles. The van der Waals surface area contributed by atoms with Crippen LogP contribution in [0.1, 0.15) is 37.4 Å². The highest BCUT2D eigenvalue weighted by Gasteiger charge is 2.21. The second-order valence-electron chi connectivity index (χ2n) is 4.18. The van der Waals surface area contributed by atoms with Crippen LogP contribution in [0.4, 0.5) is 0 Å². The molecule has 3 nitrogen and oxygen atoms in total. The SMILES string of the molecule is CCC[C@](C)(CO)NCc1csc(C)n1. The molecule has 0 saturated carbocycles. The number of aliphatic hydroxyl groups is 1. The van der Waals surface area contributed by atoms with Crippen LogP contribution in [-0.4, -0.2) is 22.2 Å². The maximum absolute atomic E-state index is 9.32. The first kappa shape index (κ1) is 12.6. The number of hydrogen-bond acceptors (Lipinski definition) is 4. The van der Waals surface area contributed by atoms with Gasteiger partial charge in [-0.3, -0.25) is 0 Å². The third-order valence-corrected chi connectivity index (χ3v) is 3.34. The van der Waals surface area contributed by atoms with Crippen LogP contribution in [0.2, 0.25) is 0 Å². The fraction of sp³-hybridized carbons (Fsp3) is 0.727. The summed E-state index contributed by atoms with van der Waals surface area (Å²) in [4.78, 5) is 4.38. The van der Waals surface area contributed by atoms with Gasteiger partial charge in [0.25, 0.3) is 0 Å². The Labute approximate surface area is 95.6 Å². The van der Waals surface area contributed by atoms with Crippen molar-refractivity contribution in [3.8, 4) is 0 Å². The Hall–Kier alpha value is -0.450. The molecule has 15 heavy (non-hydrogen) atoms. The summed E-state index contributed by atoms with van der Waals surface area (Å²) >= 11 is 1.66. The average Bonchev–Trinajstić information content (AvgIpc) is 2.62. The predicted molar refractivity (Wildman–Crippen MR) is 64.1 cm³/mol. The van der Waals surface area contributed by atoms with Gasteiger partial charge in [-0.15, -0.1) is 11.3 Å². The highest BCUT2D eigenvalue weighted by Crippen LogP contribution is 2.13. The number of aryl methyl sites for hydroxylation is 1. The van der Waals surface area contributed by atoms with Crippen molar-refractivity contribution in [1.82, 2.24) is 10.3 Å². The fourth-order valence-electron chi connectivity index (χ4n) is 1.57. The number of hydrogen-bond donors (Lipinski definition) is 2. The molecule has 0 aromatic carbocycles. The molecule has 1 heterocycles.